The SMILES string of the molecule is C=CC(=O)OC(CC)CC1CO1. The molecule has 2 atom stereocenters. The van der Waals surface area contributed by atoms with Gasteiger partial charge in [0.05, 0.1) is 12.7 Å². The van der Waals surface area contributed by atoms with Crippen LogP contribution in [-0.4, -0.2) is 24.8 Å². The average Bonchev–Trinajstić information content (AvgIpc) is 2.86. The Kier molecular flexibility index (Phi) is 3.29. The largest absolute Gasteiger partial charge is 0.459 e. The summed E-state index contributed by atoms with van der Waals surface area (Å²) in [5, 5.41) is 0. The molecule has 1 rings (SSSR count). The molecule has 1 aliphatic heterocycles. The van der Waals surface area contributed by atoms with E-state index in [9.17, 15) is 4.79 Å². The summed E-state index contributed by atoms with van der Waals surface area (Å²) in [6.45, 7) is 6.13. The van der Waals surface area contributed by atoms with Crippen molar-refractivity contribution >= 4 is 5.97 Å². The standard InChI is InChI=1S/C9H14O3/c1-3-7(5-8-6-11-8)12-9(10)4-2/h4,7-8H,2-3,5-6H2,1H3. The van der Waals surface area contributed by atoms with Crippen molar-refractivity contribution in [3.05, 3.63) is 12.7 Å². The van der Waals surface area contributed by atoms with Crippen molar-refractivity contribution in [1.29, 1.82) is 0 Å². The van der Waals surface area contributed by atoms with Crippen LogP contribution in [-0.2, 0) is 14.3 Å². The van der Waals surface area contributed by atoms with Crippen molar-refractivity contribution in [1.82, 2.24) is 0 Å². The molecular formula is C9H14O3. The monoisotopic (exact) mass is 170 g/mol. The van der Waals surface area contributed by atoms with Gasteiger partial charge in [-0.2, -0.15) is 0 Å². The van der Waals surface area contributed by atoms with Crippen molar-refractivity contribution < 1.29 is 14.3 Å². The third-order valence-corrected chi connectivity index (χ3v) is 1.83. The molecule has 12 heavy (non-hydrogen) atoms. The molecule has 1 aliphatic rings. The van der Waals surface area contributed by atoms with Crippen LogP contribution >= 0.6 is 0 Å². The Labute approximate surface area is 72.4 Å². The molecule has 0 aliphatic carbocycles. The Bertz CT molecular complexity index is 173. The minimum absolute atomic E-state index is 0.0111. The predicted molar refractivity (Wildman–Crippen MR) is 44.7 cm³/mol. The molecule has 1 saturated heterocycles. The zero-order valence-corrected chi connectivity index (χ0v) is 7.29. The highest BCUT2D eigenvalue weighted by molar-refractivity contribution is 5.81. The van der Waals surface area contributed by atoms with Crippen molar-refractivity contribution in [2.24, 2.45) is 0 Å². The highest BCUT2D eigenvalue weighted by Gasteiger charge is 2.27. The van der Waals surface area contributed by atoms with Crippen LogP contribution in [0.5, 0.6) is 0 Å². The Morgan fingerprint density at radius 2 is 2.58 bits per heavy atom. The number of carbonyl (C=O) groups is 1. The van der Waals surface area contributed by atoms with Crippen molar-refractivity contribution in [2.75, 3.05) is 6.61 Å². The molecule has 1 heterocycles. The zero-order chi connectivity index (χ0) is 8.97. The summed E-state index contributed by atoms with van der Waals surface area (Å²) >= 11 is 0. The van der Waals surface area contributed by atoms with Gasteiger partial charge in [-0.1, -0.05) is 13.5 Å². The minimum atomic E-state index is -0.345. The van der Waals surface area contributed by atoms with Gasteiger partial charge in [-0.25, -0.2) is 4.79 Å². The molecule has 0 aromatic rings. The maximum absolute atomic E-state index is 10.8. The fourth-order valence-electron chi connectivity index (χ4n) is 1.01. The van der Waals surface area contributed by atoms with Crippen molar-refractivity contribution in [2.45, 2.75) is 32.0 Å². The Morgan fingerprint density at radius 3 is 3.00 bits per heavy atom. The van der Waals surface area contributed by atoms with E-state index in [4.69, 9.17) is 9.47 Å². The van der Waals surface area contributed by atoms with Gasteiger partial charge in [0.15, 0.2) is 0 Å². The number of ether oxygens (including phenoxy) is 2. The van der Waals surface area contributed by atoms with E-state index in [1.165, 1.54) is 6.08 Å². The van der Waals surface area contributed by atoms with Gasteiger partial charge in [0.1, 0.15) is 6.10 Å². The van der Waals surface area contributed by atoms with E-state index in [0.717, 1.165) is 19.4 Å². The normalized spacial score (nSPS) is 22.9. The maximum atomic E-state index is 10.8. The fraction of sp³-hybridized carbons (Fsp3) is 0.667. The second kappa shape index (κ2) is 4.26. The average molecular weight is 170 g/mol. The molecule has 0 saturated carbocycles. The molecule has 0 bridgehead atoms. The van der Waals surface area contributed by atoms with Crippen LogP contribution in [0, 0.1) is 0 Å². The smallest absolute Gasteiger partial charge is 0.330 e. The highest BCUT2D eigenvalue weighted by Crippen LogP contribution is 2.19. The molecule has 68 valence electrons. The first-order valence-corrected chi connectivity index (χ1v) is 4.21. The molecule has 1 fully saturated rings. The molecular weight excluding hydrogens is 156 g/mol. The lowest BCUT2D eigenvalue weighted by atomic mass is 10.1. The molecule has 0 N–H and O–H groups in total. The minimum Gasteiger partial charge on any atom is -0.459 e. The van der Waals surface area contributed by atoms with E-state index in [1.807, 2.05) is 6.92 Å². The van der Waals surface area contributed by atoms with Crippen LogP contribution in [0.4, 0.5) is 0 Å². The number of hydrogen-bond donors (Lipinski definition) is 0. The predicted octanol–water partition coefficient (Wildman–Crippen LogP) is 1.28. The van der Waals surface area contributed by atoms with E-state index in [2.05, 4.69) is 6.58 Å². The van der Waals surface area contributed by atoms with E-state index in [0.29, 0.717) is 6.10 Å². The molecule has 3 heteroatoms. The van der Waals surface area contributed by atoms with Gasteiger partial charge in [-0.05, 0) is 6.42 Å². The number of hydrogen-bond acceptors (Lipinski definition) is 3. The van der Waals surface area contributed by atoms with Gasteiger partial charge in [0.2, 0.25) is 0 Å². The van der Waals surface area contributed by atoms with Gasteiger partial charge in [-0.15, -0.1) is 0 Å². The second-order valence-electron chi connectivity index (χ2n) is 2.86. The lowest BCUT2D eigenvalue weighted by Gasteiger charge is -2.12. The van der Waals surface area contributed by atoms with Crippen LogP contribution in [0.3, 0.4) is 0 Å². The molecule has 0 spiro atoms. The summed E-state index contributed by atoms with van der Waals surface area (Å²) in [4.78, 5) is 10.8. The van der Waals surface area contributed by atoms with Gasteiger partial charge in [0, 0.05) is 12.5 Å². The molecule has 0 radical (unpaired) electrons. The van der Waals surface area contributed by atoms with Crippen LogP contribution in [0.1, 0.15) is 19.8 Å². The first-order chi connectivity index (χ1) is 5.76. The lowest BCUT2D eigenvalue weighted by Crippen LogP contribution is -2.17. The van der Waals surface area contributed by atoms with Gasteiger partial charge in [0.25, 0.3) is 0 Å². The Hall–Kier alpha value is -0.830. The first-order valence-electron chi connectivity index (χ1n) is 4.21. The number of rotatable bonds is 5. The number of esters is 1. The highest BCUT2D eigenvalue weighted by atomic mass is 16.6. The summed E-state index contributed by atoms with van der Waals surface area (Å²) in [5.41, 5.74) is 0. The van der Waals surface area contributed by atoms with Crippen LogP contribution in [0.15, 0.2) is 12.7 Å². The maximum Gasteiger partial charge on any atom is 0.330 e. The van der Waals surface area contributed by atoms with Crippen LogP contribution < -0.4 is 0 Å². The summed E-state index contributed by atoms with van der Waals surface area (Å²) < 4.78 is 10.1. The van der Waals surface area contributed by atoms with Crippen molar-refractivity contribution in [3.8, 4) is 0 Å². The van der Waals surface area contributed by atoms with Crippen LogP contribution in [0.25, 0.3) is 0 Å². The molecule has 0 aromatic carbocycles. The summed E-state index contributed by atoms with van der Waals surface area (Å²) in [7, 11) is 0. The van der Waals surface area contributed by atoms with E-state index in [-0.39, 0.29) is 12.1 Å². The van der Waals surface area contributed by atoms with E-state index >= 15 is 0 Å². The molecule has 0 amide bonds. The van der Waals surface area contributed by atoms with Crippen LogP contribution in [0.2, 0.25) is 0 Å². The third kappa shape index (κ3) is 3.05. The summed E-state index contributed by atoms with van der Waals surface area (Å²) in [6, 6.07) is 0. The van der Waals surface area contributed by atoms with Crippen molar-refractivity contribution in [3.63, 3.8) is 0 Å². The third-order valence-electron chi connectivity index (χ3n) is 1.83. The topological polar surface area (TPSA) is 38.8 Å². The molecule has 3 nitrogen and oxygen atoms in total. The quantitative estimate of drug-likeness (QED) is 0.354. The van der Waals surface area contributed by atoms with Gasteiger partial charge >= 0.3 is 5.97 Å². The Morgan fingerprint density at radius 1 is 1.92 bits per heavy atom. The second-order valence-corrected chi connectivity index (χ2v) is 2.86. The zero-order valence-electron chi connectivity index (χ0n) is 7.29. The summed E-state index contributed by atoms with van der Waals surface area (Å²) in [5.74, 6) is -0.345. The first kappa shape index (κ1) is 9.26. The Balaban J connectivity index is 2.23. The number of carbonyl (C=O) groups excluding carboxylic acids is 1. The van der Waals surface area contributed by atoms with Gasteiger partial charge in [-0.3, -0.25) is 0 Å². The number of epoxide rings is 1. The summed E-state index contributed by atoms with van der Waals surface area (Å²) in [6.07, 6.45) is 3.14. The molecule has 0 aromatic heterocycles. The van der Waals surface area contributed by atoms with E-state index < -0.39 is 0 Å². The lowest BCUT2D eigenvalue weighted by molar-refractivity contribution is -0.143. The van der Waals surface area contributed by atoms with Gasteiger partial charge < -0.3 is 9.47 Å². The molecule has 2 unspecified atom stereocenters. The fourth-order valence-corrected chi connectivity index (χ4v) is 1.01. The van der Waals surface area contributed by atoms with E-state index in [1.54, 1.807) is 0 Å².